The number of aromatic nitrogens is 2. The monoisotopic (exact) mass is 417 g/mol. The molecule has 1 aromatic heterocycles. The van der Waals surface area contributed by atoms with Gasteiger partial charge >= 0.3 is 5.97 Å². The molecule has 5 rings (SSSR count). The van der Waals surface area contributed by atoms with Gasteiger partial charge in [0.25, 0.3) is 0 Å². The fraction of sp³-hybridized carbons (Fsp3) is 0.462. The standard InChI is InChI=1S/C26H31N3O2/c1-16-8-13-21-22(27-16)14-15-23-24(21)28-25(17(2)18-6-4-3-5-7-18)29(23)20-11-9-19(10-12-20)26(30)31/h3-7,14-17,19-20,27H,8-13H2,1-2H3,(H,30,31). The number of rotatable bonds is 4. The molecule has 1 aliphatic heterocycles. The molecule has 1 fully saturated rings. The molecule has 2 unspecified atom stereocenters. The molecule has 2 atom stereocenters. The van der Waals surface area contributed by atoms with Crippen LogP contribution in [-0.4, -0.2) is 26.7 Å². The molecule has 0 bridgehead atoms. The number of carboxylic acids is 1. The lowest BCUT2D eigenvalue weighted by Crippen LogP contribution is -2.25. The van der Waals surface area contributed by atoms with E-state index in [1.54, 1.807) is 0 Å². The number of aryl methyl sites for hydroxylation is 1. The van der Waals surface area contributed by atoms with Crippen molar-refractivity contribution < 1.29 is 9.90 Å². The Hall–Kier alpha value is -2.82. The lowest BCUT2D eigenvalue weighted by Gasteiger charge is -2.30. The Morgan fingerprint density at radius 3 is 2.55 bits per heavy atom. The van der Waals surface area contributed by atoms with Crippen molar-refractivity contribution in [2.75, 3.05) is 5.32 Å². The number of aliphatic carboxylic acids is 1. The minimum absolute atomic E-state index is 0.178. The summed E-state index contributed by atoms with van der Waals surface area (Å²) >= 11 is 0. The molecule has 162 valence electrons. The summed E-state index contributed by atoms with van der Waals surface area (Å²) in [5, 5.41) is 13.1. The zero-order valence-corrected chi connectivity index (χ0v) is 18.3. The SMILES string of the molecule is CC1CCc2c(ccc3c2nc(C(C)c2ccccc2)n3C2CCC(C(=O)O)CC2)N1. The minimum Gasteiger partial charge on any atom is -0.481 e. The van der Waals surface area contributed by atoms with E-state index in [2.05, 4.69) is 66.2 Å². The van der Waals surface area contributed by atoms with E-state index < -0.39 is 5.97 Å². The third-order valence-corrected chi connectivity index (χ3v) is 7.32. The van der Waals surface area contributed by atoms with E-state index in [0.717, 1.165) is 49.9 Å². The molecule has 0 saturated heterocycles. The fourth-order valence-corrected chi connectivity index (χ4v) is 5.48. The molecule has 0 radical (unpaired) electrons. The highest BCUT2D eigenvalue weighted by molar-refractivity contribution is 5.86. The average Bonchev–Trinajstić information content (AvgIpc) is 3.19. The van der Waals surface area contributed by atoms with Gasteiger partial charge in [0.05, 0.1) is 17.0 Å². The van der Waals surface area contributed by atoms with Gasteiger partial charge in [0.1, 0.15) is 5.82 Å². The zero-order chi connectivity index (χ0) is 21.5. The second-order valence-corrected chi connectivity index (χ2v) is 9.36. The van der Waals surface area contributed by atoms with Gasteiger partial charge in [-0.3, -0.25) is 4.79 Å². The van der Waals surface area contributed by atoms with E-state index in [1.165, 1.54) is 22.3 Å². The Kier molecular flexibility index (Phi) is 5.20. The summed E-state index contributed by atoms with van der Waals surface area (Å²) < 4.78 is 2.45. The van der Waals surface area contributed by atoms with E-state index in [-0.39, 0.29) is 11.8 Å². The molecule has 5 heteroatoms. The maximum absolute atomic E-state index is 11.5. The molecule has 31 heavy (non-hydrogen) atoms. The van der Waals surface area contributed by atoms with Gasteiger partial charge in [0.15, 0.2) is 0 Å². The number of carboxylic acid groups (broad SMARTS) is 1. The molecular formula is C26H31N3O2. The molecule has 0 spiro atoms. The number of carbonyl (C=O) groups is 1. The summed E-state index contributed by atoms with van der Waals surface area (Å²) in [6.07, 6.45) is 5.42. The van der Waals surface area contributed by atoms with Gasteiger partial charge in [-0.1, -0.05) is 37.3 Å². The molecule has 1 aliphatic carbocycles. The Morgan fingerprint density at radius 1 is 1.10 bits per heavy atom. The molecule has 2 aromatic carbocycles. The van der Waals surface area contributed by atoms with Crippen molar-refractivity contribution in [2.24, 2.45) is 5.92 Å². The van der Waals surface area contributed by atoms with Crippen LogP contribution in [0.1, 0.15) is 74.9 Å². The normalized spacial score (nSPS) is 24.4. The molecule has 2 N–H and O–H groups in total. The third-order valence-electron chi connectivity index (χ3n) is 7.32. The fourth-order valence-electron chi connectivity index (χ4n) is 5.48. The summed E-state index contributed by atoms with van der Waals surface area (Å²) in [5.41, 5.74) is 6.13. The number of hydrogen-bond acceptors (Lipinski definition) is 3. The largest absolute Gasteiger partial charge is 0.481 e. The Labute approximate surface area is 183 Å². The van der Waals surface area contributed by atoms with Crippen LogP contribution in [0.25, 0.3) is 11.0 Å². The maximum atomic E-state index is 11.5. The lowest BCUT2D eigenvalue weighted by molar-refractivity contribution is -0.143. The van der Waals surface area contributed by atoms with Crippen molar-refractivity contribution in [3.63, 3.8) is 0 Å². The lowest BCUT2D eigenvalue weighted by atomic mass is 9.85. The highest BCUT2D eigenvalue weighted by Gasteiger charge is 2.31. The van der Waals surface area contributed by atoms with Gasteiger partial charge < -0.3 is 15.0 Å². The van der Waals surface area contributed by atoms with Gasteiger partial charge in [0.2, 0.25) is 0 Å². The van der Waals surface area contributed by atoms with Crippen molar-refractivity contribution in [3.05, 3.63) is 59.4 Å². The summed E-state index contributed by atoms with van der Waals surface area (Å²) in [6, 6.07) is 15.8. The average molecular weight is 418 g/mol. The number of anilines is 1. The van der Waals surface area contributed by atoms with Crippen LogP contribution in [-0.2, 0) is 11.2 Å². The molecule has 2 heterocycles. The van der Waals surface area contributed by atoms with Crippen molar-refractivity contribution in [1.29, 1.82) is 0 Å². The molecule has 2 aliphatic rings. The van der Waals surface area contributed by atoms with Gasteiger partial charge in [-0.05, 0) is 63.1 Å². The highest BCUT2D eigenvalue weighted by Crippen LogP contribution is 2.40. The highest BCUT2D eigenvalue weighted by atomic mass is 16.4. The quantitative estimate of drug-likeness (QED) is 0.567. The number of nitrogens with one attached hydrogen (secondary N) is 1. The van der Waals surface area contributed by atoms with E-state index >= 15 is 0 Å². The smallest absolute Gasteiger partial charge is 0.306 e. The maximum Gasteiger partial charge on any atom is 0.306 e. The predicted octanol–water partition coefficient (Wildman–Crippen LogP) is 5.75. The minimum atomic E-state index is -0.652. The van der Waals surface area contributed by atoms with E-state index in [9.17, 15) is 9.90 Å². The van der Waals surface area contributed by atoms with Crippen molar-refractivity contribution in [3.8, 4) is 0 Å². The van der Waals surface area contributed by atoms with Crippen molar-refractivity contribution in [1.82, 2.24) is 9.55 Å². The van der Waals surface area contributed by atoms with Gasteiger partial charge in [-0.25, -0.2) is 4.98 Å². The Bertz CT molecular complexity index is 1100. The summed E-state index contributed by atoms with van der Waals surface area (Å²) in [4.78, 5) is 16.7. The van der Waals surface area contributed by atoms with E-state index in [4.69, 9.17) is 4.98 Å². The van der Waals surface area contributed by atoms with Crippen LogP contribution in [0, 0.1) is 5.92 Å². The van der Waals surface area contributed by atoms with Crippen molar-refractivity contribution >= 4 is 22.7 Å². The van der Waals surface area contributed by atoms with Crippen LogP contribution in [0.2, 0.25) is 0 Å². The topological polar surface area (TPSA) is 67.2 Å². The van der Waals surface area contributed by atoms with Gasteiger partial charge in [-0.2, -0.15) is 0 Å². The second kappa shape index (κ2) is 8.03. The third kappa shape index (κ3) is 3.60. The van der Waals surface area contributed by atoms with E-state index in [0.29, 0.717) is 12.1 Å². The second-order valence-electron chi connectivity index (χ2n) is 9.36. The zero-order valence-electron chi connectivity index (χ0n) is 18.3. The first-order chi connectivity index (χ1) is 15.0. The number of benzene rings is 2. The van der Waals surface area contributed by atoms with Crippen LogP contribution in [0.15, 0.2) is 42.5 Å². The number of imidazole rings is 1. The first-order valence-corrected chi connectivity index (χ1v) is 11.6. The molecule has 3 aromatic rings. The van der Waals surface area contributed by atoms with Crippen LogP contribution in [0.4, 0.5) is 5.69 Å². The predicted molar refractivity (Wildman–Crippen MR) is 124 cm³/mol. The molecule has 0 amide bonds. The first kappa shape index (κ1) is 20.1. The molecular weight excluding hydrogens is 386 g/mol. The summed E-state index contributed by atoms with van der Waals surface area (Å²) in [6.45, 7) is 4.47. The number of hydrogen-bond donors (Lipinski definition) is 2. The molecule has 1 saturated carbocycles. The van der Waals surface area contributed by atoms with Gasteiger partial charge in [-0.15, -0.1) is 0 Å². The molecule has 5 nitrogen and oxygen atoms in total. The van der Waals surface area contributed by atoms with Crippen LogP contribution in [0.3, 0.4) is 0 Å². The summed E-state index contributed by atoms with van der Waals surface area (Å²) in [7, 11) is 0. The van der Waals surface area contributed by atoms with Crippen molar-refractivity contribution in [2.45, 2.75) is 70.4 Å². The van der Waals surface area contributed by atoms with Crippen LogP contribution in [0.5, 0.6) is 0 Å². The van der Waals surface area contributed by atoms with E-state index in [1.807, 2.05) is 0 Å². The Balaban J connectivity index is 1.62. The number of nitrogens with zero attached hydrogens (tertiary/aromatic N) is 2. The van der Waals surface area contributed by atoms with Gasteiger partial charge in [0, 0.05) is 29.3 Å². The first-order valence-electron chi connectivity index (χ1n) is 11.6. The Morgan fingerprint density at radius 2 is 1.84 bits per heavy atom. The van der Waals surface area contributed by atoms with Crippen LogP contribution < -0.4 is 5.32 Å². The van der Waals surface area contributed by atoms with Crippen LogP contribution >= 0.6 is 0 Å². The summed E-state index contributed by atoms with van der Waals surface area (Å²) in [5.74, 6) is 0.421. The number of fused-ring (bicyclic) bond motifs is 3.